The number of hydrogen-bond acceptors (Lipinski definition) is 3. The number of aryl methyl sites for hydroxylation is 2. The molecule has 1 aromatic heterocycles. The predicted octanol–water partition coefficient (Wildman–Crippen LogP) is 3.31. The zero-order valence-corrected chi connectivity index (χ0v) is 15.8. The van der Waals surface area contributed by atoms with Crippen molar-refractivity contribution in [3.63, 3.8) is 0 Å². The summed E-state index contributed by atoms with van der Waals surface area (Å²) in [4.78, 5) is 29.2. The number of rotatable bonds is 5. The van der Waals surface area contributed by atoms with E-state index in [4.69, 9.17) is 0 Å². The number of carbonyl (C=O) groups is 1. The predicted molar refractivity (Wildman–Crippen MR) is 107 cm³/mol. The molecule has 0 saturated heterocycles. The molecule has 1 heterocycles. The summed E-state index contributed by atoms with van der Waals surface area (Å²) in [5, 5.41) is 12.8. The van der Waals surface area contributed by atoms with Gasteiger partial charge in [-0.15, -0.1) is 0 Å². The summed E-state index contributed by atoms with van der Waals surface area (Å²) in [6.07, 6.45) is 0. The first-order valence-corrected chi connectivity index (χ1v) is 8.93. The largest absolute Gasteiger partial charge is 0.395 e. The number of aromatic nitrogens is 1. The van der Waals surface area contributed by atoms with Crippen molar-refractivity contribution < 1.29 is 14.3 Å². The number of urea groups is 1. The number of aliphatic hydroxyl groups excluding tert-OH is 1. The van der Waals surface area contributed by atoms with Gasteiger partial charge in [0.05, 0.1) is 13.2 Å². The number of aliphatic hydroxyl groups is 1. The fraction of sp³-hybridized carbons (Fsp3) is 0.238. The van der Waals surface area contributed by atoms with E-state index in [9.17, 15) is 19.1 Å². The number of aromatic amines is 1. The smallest absolute Gasteiger partial charge is 0.322 e. The standard InChI is InChI=1S/C21H22FN3O3/c1-13-9-15-11-16(20(27)24-19(15)10-14(13)2)12-25(7-8-26)21(28)23-18-5-3-17(22)4-6-18/h3-6,9-11,26H,7-8,12H2,1-2H3,(H,23,28)(H,24,27). The molecule has 0 fully saturated rings. The summed E-state index contributed by atoms with van der Waals surface area (Å²) in [7, 11) is 0. The minimum Gasteiger partial charge on any atom is -0.395 e. The van der Waals surface area contributed by atoms with Crippen LogP contribution in [0.2, 0.25) is 0 Å². The van der Waals surface area contributed by atoms with Gasteiger partial charge in [0.1, 0.15) is 5.82 Å². The number of pyridine rings is 1. The van der Waals surface area contributed by atoms with E-state index in [0.717, 1.165) is 22.0 Å². The van der Waals surface area contributed by atoms with Gasteiger partial charge in [-0.05, 0) is 72.8 Å². The molecule has 0 spiro atoms. The van der Waals surface area contributed by atoms with Crippen molar-refractivity contribution in [1.29, 1.82) is 0 Å². The van der Waals surface area contributed by atoms with Crippen molar-refractivity contribution in [1.82, 2.24) is 9.88 Å². The zero-order valence-electron chi connectivity index (χ0n) is 15.8. The first-order chi connectivity index (χ1) is 13.4. The van der Waals surface area contributed by atoms with Crippen LogP contribution < -0.4 is 10.9 Å². The molecule has 2 amide bonds. The second-order valence-electron chi connectivity index (χ2n) is 6.73. The first-order valence-electron chi connectivity index (χ1n) is 8.93. The third-order valence-corrected chi connectivity index (χ3v) is 4.65. The summed E-state index contributed by atoms with van der Waals surface area (Å²) in [6, 6.07) is 10.5. The molecule has 7 heteroatoms. The van der Waals surface area contributed by atoms with Crippen LogP contribution in [-0.2, 0) is 6.54 Å². The van der Waals surface area contributed by atoms with Gasteiger partial charge in [0.25, 0.3) is 5.56 Å². The molecular weight excluding hydrogens is 361 g/mol. The van der Waals surface area contributed by atoms with Gasteiger partial charge < -0.3 is 20.3 Å². The Morgan fingerprint density at radius 3 is 2.50 bits per heavy atom. The number of carbonyl (C=O) groups excluding carboxylic acids is 1. The van der Waals surface area contributed by atoms with E-state index in [1.54, 1.807) is 6.07 Å². The van der Waals surface area contributed by atoms with Gasteiger partial charge in [-0.25, -0.2) is 9.18 Å². The van der Waals surface area contributed by atoms with Gasteiger partial charge >= 0.3 is 6.03 Å². The molecule has 0 saturated carbocycles. The zero-order chi connectivity index (χ0) is 20.3. The van der Waals surface area contributed by atoms with Crippen LogP contribution in [0.5, 0.6) is 0 Å². The van der Waals surface area contributed by atoms with Crippen LogP contribution in [0.25, 0.3) is 10.9 Å². The Morgan fingerprint density at radius 2 is 1.82 bits per heavy atom. The normalized spacial score (nSPS) is 10.9. The lowest BCUT2D eigenvalue weighted by atomic mass is 10.0. The number of amides is 2. The fourth-order valence-electron chi connectivity index (χ4n) is 2.95. The maximum Gasteiger partial charge on any atom is 0.322 e. The summed E-state index contributed by atoms with van der Waals surface area (Å²) in [5.41, 5.74) is 3.48. The number of benzene rings is 2. The Balaban J connectivity index is 1.86. The van der Waals surface area contributed by atoms with Crippen LogP contribution in [0.1, 0.15) is 16.7 Å². The molecule has 0 bridgehead atoms. The van der Waals surface area contributed by atoms with Gasteiger partial charge in [-0.3, -0.25) is 4.79 Å². The van der Waals surface area contributed by atoms with E-state index in [2.05, 4.69) is 10.3 Å². The van der Waals surface area contributed by atoms with E-state index >= 15 is 0 Å². The highest BCUT2D eigenvalue weighted by Crippen LogP contribution is 2.18. The lowest BCUT2D eigenvalue weighted by Crippen LogP contribution is -2.38. The molecule has 3 N–H and O–H groups in total. The quantitative estimate of drug-likeness (QED) is 0.632. The highest BCUT2D eigenvalue weighted by Gasteiger charge is 2.16. The molecule has 2 aromatic carbocycles. The Hall–Kier alpha value is -3.19. The van der Waals surface area contributed by atoms with Crippen molar-refractivity contribution in [3.05, 3.63) is 75.3 Å². The van der Waals surface area contributed by atoms with E-state index < -0.39 is 11.8 Å². The number of H-pyrrole nitrogens is 1. The van der Waals surface area contributed by atoms with E-state index in [1.807, 2.05) is 26.0 Å². The molecule has 6 nitrogen and oxygen atoms in total. The molecule has 146 valence electrons. The minimum absolute atomic E-state index is 0.0335. The highest BCUT2D eigenvalue weighted by molar-refractivity contribution is 5.89. The average molecular weight is 383 g/mol. The highest BCUT2D eigenvalue weighted by atomic mass is 19.1. The Labute approximate surface area is 161 Å². The van der Waals surface area contributed by atoms with E-state index in [0.29, 0.717) is 11.3 Å². The maximum atomic E-state index is 13.0. The number of nitrogens with one attached hydrogen (secondary N) is 2. The van der Waals surface area contributed by atoms with Crippen LogP contribution in [-0.4, -0.2) is 34.2 Å². The Bertz CT molecular complexity index is 1060. The Kier molecular flexibility index (Phi) is 5.75. The van der Waals surface area contributed by atoms with E-state index in [-0.39, 0.29) is 25.3 Å². The molecule has 0 atom stereocenters. The topological polar surface area (TPSA) is 85.4 Å². The SMILES string of the molecule is Cc1cc2cc(CN(CCO)C(=O)Nc3ccc(F)cc3)c(=O)[nH]c2cc1C. The van der Waals surface area contributed by atoms with Crippen molar-refractivity contribution in [3.8, 4) is 0 Å². The van der Waals surface area contributed by atoms with Crippen LogP contribution in [0, 0.1) is 19.7 Å². The third kappa shape index (κ3) is 4.37. The summed E-state index contributed by atoms with van der Waals surface area (Å²) in [6.45, 7) is 3.81. The van der Waals surface area contributed by atoms with Crippen LogP contribution in [0.4, 0.5) is 14.9 Å². The molecule has 0 aliphatic carbocycles. The van der Waals surface area contributed by atoms with Crippen molar-refractivity contribution in [2.24, 2.45) is 0 Å². The molecule has 3 aromatic rings. The second kappa shape index (κ2) is 8.22. The first kappa shape index (κ1) is 19.6. The molecule has 0 unspecified atom stereocenters. The van der Waals surface area contributed by atoms with Crippen molar-refractivity contribution >= 4 is 22.6 Å². The van der Waals surface area contributed by atoms with Crippen LogP contribution in [0.3, 0.4) is 0 Å². The minimum atomic E-state index is -0.486. The number of anilines is 1. The lowest BCUT2D eigenvalue weighted by molar-refractivity contribution is 0.185. The second-order valence-corrected chi connectivity index (χ2v) is 6.73. The van der Waals surface area contributed by atoms with Gasteiger partial charge in [-0.1, -0.05) is 0 Å². The number of halogens is 1. The Morgan fingerprint density at radius 1 is 1.14 bits per heavy atom. The number of fused-ring (bicyclic) bond motifs is 1. The van der Waals surface area contributed by atoms with Crippen LogP contribution in [0.15, 0.2) is 47.3 Å². The summed E-state index contributed by atoms with van der Waals surface area (Å²) in [5.74, 6) is -0.404. The fourth-order valence-corrected chi connectivity index (χ4v) is 2.95. The average Bonchev–Trinajstić information content (AvgIpc) is 2.65. The van der Waals surface area contributed by atoms with Crippen molar-refractivity contribution in [2.45, 2.75) is 20.4 Å². The molecule has 3 rings (SSSR count). The van der Waals surface area contributed by atoms with Crippen molar-refractivity contribution in [2.75, 3.05) is 18.5 Å². The summed E-state index contributed by atoms with van der Waals surface area (Å²) < 4.78 is 13.0. The molecular formula is C21H22FN3O3. The number of hydrogen-bond donors (Lipinski definition) is 3. The molecule has 0 aliphatic heterocycles. The van der Waals surface area contributed by atoms with Gasteiger partial charge in [0, 0.05) is 23.3 Å². The lowest BCUT2D eigenvalue weighted by Gasteiger charge is -2.22. The van der Waals surface area contributed by atoms with Gasteiger partial charge in [0.2, 0.25) is 0 Å². The monoisotopic (exact) mass is 383 g/mol. The van der Waals surface area contributed by atoms with E-state index in [1.165, 1.54) is 29.2 Å². The van der Waals surface area contributed by atoms with Gasteiger partial charge in [-0.2, -0.15) is 0 Å². The third-order valence-electron chi connectivity index (χ3n) is 4.65. The molecule has 28 heavy (non-hydrogen) atoms. The van der Waals surface area contributed by atoms with Crippen LogP contribution >= 0.6 is 0 Å². The number of nitrogens with zero attached hydrogens (tertiary/aromatic N) is 1. The van der Waals surface area contributed by atoms with Gasteiger partial charge in [0.15, 0.2) is 0 Å². The maximum absolute atomic E-state index is 13.0. The summed E-state index contributed by atoms with van der Waals surface area (Å²) >= 11 is 0. The molecule has 0 aliphatic rings. The molecule has 0 radical (unpaired) electrons.